The first-order valence-electron chi connectivity index (χ1n) is 6.55. The molecule has 1 fully saturated rings. The smallest absolute Gasteiger partial charge is 0.272 e. The number of hydrogen-bond acceptors (Lipinski definition) is 7. The minimum Gasteiger partial charge on any atom is -0.301 e. The summed E-state index contributed by atoms with van der Waals surface area (Å²) in [6.07, 6.45) is 0. The number of nitrogens with zero attached hydrogens (tertiary/aromatic N) is 4. The predicted molar refractivity (Wildman–Crippen MR) is 79.7 cm³/mol. The third-order valence-electron chi connectivity index (χ3n) is 3.58. The molecule has 2 atom stereocenters. The van der Waals surface area contributed by atoms with Crippen molar-refractivity contribution >= 4 is 32.4 Å². The van der Waals surface area contributed by atoms with Crippen molar-refractivity contribution in [2.24, 2.45) is 0 Å². The van der Waals surface area contributed by atoms with Crippen LogP contribution in [-0.4, -0.2) is 65.9 Å². The van der Waals surface area contributed by atoms with Gasteiger partial charge in [-0.1, -0.05) is 11.3 Å². The molecule has 1 aliphatic heterocycles. The van der Waals surface area contributed by atoms with Crippen LogP contribution in [0.4, 0.5) is 5.13 Å². The van der Waals surface area contributed by atoms with E-state index >= 15 is 0 Å². The lowest BCUT2D eigenvalue weighted by Crippen LogP contribution is -2.56. The Hall–Kier alpha value is -1.10. The Morgan fingerprint density at radius 3 is 2.38 bits per heavy atom. The van der Waals surface area contributed by atoms with E-state index in [0.717, 1.165) is 11.3 Å². The van der Waals surface area contributed by atoms with E-state index in [1.807, 2.05) is 20.9 Å². The van der Waals surface area contributed by atoms with E-state index < -0.39 is 10.0 Å². The van der Waals surface area contributed by atoms with Crippen molar-refractivity contribution in [1.82, 2.24) is 19.4 Å². The second kappa shape index (κ2) is 5.95. The van der Waals surface area contributed by atoms with Gasteiger partial charge in [0, 0.05) is 32.1 Å². The summed E-state index contributed by atoms with van der Waals surface area (Å²) >= 11 is 0.868. The van der Waals surface area contributed by atoms with Gasteiger partial charge < -0.3 is 5.32 Å². The van der Waals surface area contributed by atoms with Crippen molar-refractivity contribution in [3.8, 4) is 0 Å². The van der Waals surface area contributed by atoms with Crippen LogP contribution in [0.2, 0.25) is 0 Å². The lowest BCUT2D eigenvalue weighted by atomic mass is 10.1. The van der Waals surface area contributed by atoms with Gasteiger partial charge >= 0.3 is 0 Å². The van der Waals surface area contributed by atoms with Gasteiger partial charge in [0.25, 0.3) is 10.0 Å². The highest BCUT2D eigenvalue weighted by Crippen LogP contribution is 2.26. The number of amides is 1. The van der Waals surface area contributed by atoms with Gasteiger partial charge in [-0.2, -0.15) is 4.31 Å². The molecule has 0 saturated carbocycles. The quantitative estimate of drug-likeness (QED) is 0.795. The average Bonchev–Trinajstić information content (AvgIpc) is 2.83. The zero-order valence-electron chi connectivity index (χ0n) is 12.4. The van der Waals surface area contributed by atoms with Crippen LogP contribution in [0.15, 0.2) is 4.34 Å². The molecule has 0 spiro atoms. The van der Waals surface area contributed by atoms with Crippen molar-refractivity contribution < 1.29 is 13.2 Å². The predicted octanol–water partition coefficient (Wildman–Crippen LogP) is 0.210. The molecule has 8 nitrogen and oxygen atoms in total. The Morgan fingerprint density at radius 1 is 1.29 bits per heavy atom. The second-order valence-corrected chi connectivity index (χ2v) is 8.33. The van der Waals surface area contributed by atoms with Crippen LogP contribution in [0, 0.1) is 0 Å². The first-order valence-corrected chi connectivity index (χ1v) is 8.80. The molecule has 1 N–H and O–H groups in total. The molecule has 1 saturated heterocycles. The largest absolute Gasteiger partial charge is 0.301 e. The third-order valence-corrected chi connectivity index (χ3v) is 6.59. The molecule has 10 heteroatoms. The van der Waals surface area contributed by atoms with Gasteiger partial charge in [0.2, 0.25) is 15.4 Å². The molecule has 0 radical (unpaired) electrons. The number of rotatable bonds is 3. The van der Waals surface area contributed by atoms with Crippen LogP contribution < -0.4 is 5.32 Å². The van der Waals surface area contributed by atoms with Crippen LogP contribution in [-0.2, 0) is 14.8 Å². The first-order chi connectivity index (χ1) is 9.71. The topological polar surface area (TPSA) is 95.5 Å². The van der Waals surface area contributed by atoms with Gasteiger partial charge in [0.05, 0.1) is 0 Å². The maximum Gasteiger partial charge on any atom is 0.272 e. The van der Waals surface area contributed by atoms with Crippen LogP contribution in [0.3, 0.4) is 0 Å². The van der Waals surface area contributed by atoms with Gasteiger partial charge in [-0.25, -0.2) is 8.42 Å². The summed E-state index contributed by atoms with van der Waals surface area (Å²) in [7, 11) is -1.68. The molecular weight excluding hydrogens is 314 g/mol. The third kappa shape index (κ3) is 3.39. The number of piperazine rings is 1. The number of likely N-dealkylation sites (N-methyl/N-ethyl adjacent to an activating group) is 1. The van der Waals surface area contributed by atoms with Crippen LogP contribution in [0.5, 0.6) is 0 Å². The molecular formula is C11H19N5O3S2. The molecule has 0 bridgehead atoms. The van der Waals surface area contributed by atoms with E-state index in [-0.39, 0.29) is 27.5 Å². The summed E-state index contributed by atoms with van der Waals surface area (Å²) in [6, 6.07) is 0.262. The zero-order valence-corrected chi connectivity index (χ0v) is 14.0. The van der Waals surface area contributed by atoms with Crippen LogP contribution in [0.25, 0.3) is 0 Å². The lowest BCUT2D eigenvalue weighted by molar-refractivity contribution is -0.114. The van der Waals surface area contributed by atoms with Crippen molar-refractivity contribution in [3.63, 3.8) is 0 Å². The molecule has 2 heterocycles. The fourth-order valence-corrected chi connectivity index (χ4v) is 4.86. The molecule has 0 aromatic carbocycles. The number of sulfonamides is 1. The average molecular weight is 333 g/mol. The van der Waals surface area contributed by atoms with Gasteiger partial charge in [-0.3, -0.25) is 9.69 Å². The number of anilines is 1. The summed E-state index contributed by atoms with van der Waals surface area (Å²) < 4.78 is 26.5. The number of hydrogen-bond donors (Lipinski definition) is 1. The van der Waals surface area contributed by atoms with E-state index in [2.05, 4.69) is 20.4 Å². The molecule has 118 valence electrons. The second-order valence-electron chi connectivity index (χ2n) is 5.24. The van der Waals surface area contributed by atoms with Crippen LogP contribution in [0.1, 0.15) is 20.8 Å². The Kier molecular flexibility index (Phi) is 4.61. The summed E-state index contributed by atoms with van der Waals surface area (Å²) in [5.41, 5.74) is 0. The minimum absolute atomic E-state index is 0.0878. The molecule has 21 heavy (non-hydrogen) atoms. The minimum atomic E-state index is -3.67. The molecule has 1 amide bonds. The zero-order chi connectivity index (χ0) is 15.8. The van der Waals surface area contributed by atoms with E-state index in [0.29, 0.717) is 13.1 Å². The Labute approximate surface area is 128 Å². The van der Waals surface area contributed by atoms with Crippen molar-refractivity contribution in [3.05, 3.63) is 0 Å². The molecule has 1 aromatic rings. The molecule has 2 rings (SSSR count). The van der Waals surface area contributed by atoms with Crippen molar-refractivity contribution in [2.45, 2.75) is 37.2 Å². The van der Waals surface area contributed by atoms with Crippen LogP contribution >= 0.6 is 11.3 Å². The summed E-state index contributed by atoms with van der Waals surface area (Å²) in [6.45, 7) is 6.14. The standard InChI is InChI=1S/C11H19N5O3S2/c1-7-5-16(6-8(2)15(7)4)21(18,19)11-14-13-10(20-11)12-9(3)17/h7-8H,5-6H2,1-4H3,(H,12,13,17). The highest BCUT2D eigenvalue weighted by atomic mass is 32.2. The number of carbonyl (C=O) groups is 1. The highest BCUT2D eigenvalue weighted by molar-refractivity contribution is 7.91. The summed E-state index contributed by atoms with van der Waals surface area (Å²) in [5.74, 6) is -0.308. The Bertz CT molecular complexity index is 618. The monoisotopic (exact) mass is 333 g/mol. The Balaban J connectivity index is 2.22. The lowest BCUT2D eigenvalue weighted by Gasteiger charge is -2.41. The van der Waals surface area contributed by atoms with Gasteiger partial charge in [-0.05, 0) is 20.9 Å². The Morgan fingerprint density at radius 2 is 1.86 bits per heavy atom. The SMILES string of the molecule is CC(=O)Nc1nnc(S(=O)(=O)N2CC(C)N(C)C(C)C2)s1. The van der Waals surface area contributed by atoms with Crippen molar-refractivity contribution in [2.75, 3.05) is 25.5 Å². The van der Waals surface area contributed by atoms with Gasteiger partial charge in [-0.15, -0.1) is 10.2 Å². The van der Waals surface area contributed by atoms with E-state index in [4.69, 9.17) is 0 Å². The summed E-state index contributed by atoms with van der Waals surface area (Å²) in [4.78, 5) is 13.1. The van der Waals surface area contributed by atoms with Crippen molar-refractivity contribution in [1.29, 1.82) is 0 Å². The van der Waals surface area contributed by atoms with E-state index in [1.165, 1.54) is 11.2 Å². The van der Waals surface area contributed by atoms with Gasteiger partial charge in [0.1, 0.15) is 0 Å². The molecule has 0 aliphatic carbocycles. The molecule has 1 aromatic heterocycles. The number of nitrogens with one attached hydrogen (secondary N) is 1. The van der Waals surface area contributed by atoms with Gasteiger partial charge in [0.15, 0.2) is 0 Å². The number of aromatic nitrogens is 2. The number of carbonyl (C=O) groups excluding carboxylic acids is 1. The maximum absolute atomic E-state index is 12.6. The fraction of sp³-hybridized carbons (Fsp3) is 0.727. The fourth-order valence-electron chi connectivity index (χ4n) is 2.18. The molecule has 2 unspecified atom stereocenters. The van der Waals surface area contributed by atoms with E-state index in [1.54, 1.807) is 0 Å². The normalized spacial score (nSPS) is 25.0. The maximum atomic E-state index is 12.6. The van der Waals surface area contributed by atoms with E-state index in [9.17, 15) is 13.2 Å². The summed E-state index contributed by atoms with van der Waals surface area (Å²) in [5, 5.41) is 10.0. The highest BCUT2D eigenvalue weighted by Gasteiger charge is 2.36. The molecule has 1 aliphatic rings. The first kappa shape index (κ1) is 16.3.